The number of nitrogens with one attached hydrogen (secondary N) is 2. The molecule has 6 nitrogen and oxygen atoms in total. The lowest BCUT2D eigenvalue weighted by molar-refractivity contribution is -0.122. The smallest absolute Gasteiger partial charge is 0.237 e. The zero-order chi connectivity index (χ0) is 11.2. The largest absolute Gasteiger partial charge is 0.355 e. The highest BCUT2D eigenvalue weighted by atomic mass is 32.2. The van der Waals surface area contributed by atoms with Crippen molar-refractivity contribution in [3.05, 3.63) is 0 Å². The van der Waals surface area contributed by atoms with Crippen molar-refractivity contribution >= 4 is 15.9 Å². The van der Waals surface area contributed by atoms with Crippen molar-refractivity contribution in [2.75, 3.05) is 12.3 Å². The Morgan fingerprint density at radius 1 is 1.57 bits per heavy atom. The fraction of sp³-hybridized carbons (Fsp3) is 0.714. The molecular formula is C7H13N3O3S. The van der Waals surface area contributed by atoms with Crippen molar-refractivity contribution in [1.29, 1.82) is 5.26 Å². The number of nitrogens with zero attached hydrogens (tertiary/aromatic N) is 1. The maximum absolute atomic E-state index is 11.1. The van der Waals surface area contributed by atoms with E-state index >= 15 is 0 Å². The van der Waals surface area contributed by atoms with Crippen LogP contribution in [0.1, 0.15) is 13.8 Å². The second kappa shape index (κ2) is 5.57. The highest BCUT2D eigenvalue weighted by Gasteiger charge is 2.18. The summed E-state index contributed by atoms with van der Waals surface area (Å²) < 4.78 is 24.2. The summed E-state index contributed by atoms with van der Waals surface area (Å²) in [5, 5.41) is 10.6. The summed E-state index contributed by atoms with van der Waals surface area (Å²) in [6, 6.07) is 0.649. The molecule has 0 radical (unpaired) electrons. The van der Waals surface area contributed by atoms with Gasteiger partial charge in [-0.2, -0.15) is 5.26 Å². The Hall–Kier alpha value is -1.13. The molecule has 14 heavy (non-hydrogen) atoms. The highest BCUT2D eigenvalue weighted by molar-refractivity contribution is 7.89. The van der Waals surface area contributed by atoms with Gasteiger partial charge in [-0.15, -0.1) is 0 Å². The number of hydrogen-bond donors (Lipinski definition) is 2. The van der Waals surface area contributed by atoms with Crippen LogP contribution in [0.25, 0.3) is 0 Å². The van der Waals surface area contributed by atoms with Crippen LogP contribution in [-0.2, 0) is 14.8 Å². The summed E-state index contributed by atoms with van der Waals surface area (Å²) in [4.78, 5) is 11.1. The molecule has 0 aromatic carbocycles. The lowest BCUT2D eigenvalue weighted by atomic mass is 10.3. The Morgan fingerprint density at radius 2 is 2.14 bits per heavy atom. The van der Waals surface area contributed by atoms with Gasteiger partial charge in [0.25, 0.3) is 0 Å². The Balaban J connectivity index is 4.26. The van der Waals surface area contributed by atoms with Gasteiger partial charge in [-0.25, -0.2) is 13.1 Å². The summed E-state index contributed by atoms with van der Waals surface area (Å²) in [5.74, 6) is -1.05. The molecule has 0 rings (SSSR count). The number of amides is 1. The lowest BCUT2D eigenvalue weighted by Crippen LogP contribution is -2.45. The van der Waals surface area contributed by atoms with Crippen LogP contribution in [0, 0.1) is 11.3 Å². The molecule has 0 heterocycles. The second-order valence-corrected chi connectivity index (χ2v) is 4.41. The molecule has 0 aromatic rings. The van der Waals surface area contributed by atoms with E-state index in [9.17, 15) is 13.2 Å². The number of sulfonamides is 1. The van der Waals surface area contributed by atoms with Gasteiger partial charge >= 0.3 is 0 Å². The van der Waals surface area contributed by atoms with Crippen molar-refractivity contribution in [3.63, 3.8) is 0 Å². The first-order chi connectivity index (χ1) is 6.43. The predicted molar refractivity (Wildman–Crippen MR) is 50.7 cm³/mol. The Kier molecular flexibility index (Phi) is 5.12. The van der Waals surface area contributed by atoms with Crippen LogP contribution in [-0.4, -0.2) is 32.7 Å². The molecule has 0 fully saturated rings. The Labute approximate surface area is 83.3 Å². The van der Waals surface area contributed by atoms with E-state index in [1.807, 2.05) is 0 Å². The van der Waals surface area contributed by atoms with Crippen molar-refractivity contribution in [2.45, 2.75) is 19.9 Å². The molecule has 7 heteroatoms. The summed E-state index contributed by atoms with van der Waals surface area (Å²) in [6.07, 6.45) is 0. The minimum atomic E-state index is -3.67. The van der Waals surface area contributed by atoms with Crippen molar-refractivity contribution in [2.24, 2.45) is 0 Å². The van der Waals surface area contributed by atoms with Gasteiger partial charge < -0.3 is 5.32 Å². The topological polar surface area (TPSA) is 99.1 Å². The molecule has 80 valence electrons. The molecule has 0 aliphatic heterocycles. The highest BCUT2D eigenvalue weighted by Crippen LogP contribution is 1.89. The van der Waals surface area contributed by atoms with Crippen LogP contribution in [0.5, 0.6) is 0 Å². The van der Waals surface area contributed by atoms with E-state index in [2.05, 4.69) is 10.0 Å². The third kappa shape index (κ3) is 4.79. The quantitative estimate of drug-likeness (QED) is 0.616. The standard InChI is InChI=1S/C7H13N3O3S/c1-3-9-7(11)6(2)10-14(12,13)5-4-8/h6,10H,3,5H2,1-2H3,(H,9,11). The van der Waals surface area contributed by atoms with Gasteiger partial charge in [0.1, 0.15) is 0 Å². The molecule has 0 aromatic heterocycles. The molecule has 1 unspecified atom stereocenters. The third-order valence-electron chi connectivity index (χ3n) is 1.36. The number of carbonyl (C=O) groups excluding carboxylic acids is 1. The van der Waals surface area contributed by atoms with E-state index < -0.39 is 27.7 Å². The van der Waals surface area contributed by atoms with E-state index in [1.165, 1.54) is 13.0 Å². The van der Waals surface area contributed by atoms with Crippen molar-refractivity contribution in [1.82, 2.24) is 10.0 Å². The number of likely N-dealkylation sites (N-methyl/N-ethyl adjacent to an activating group) is 1. The number of nitriles is 1. The molecular weight excluding hydrogens is 206 g/mol. The minimum Gasteiger partial charge on any atom is -0.355 e. The van der Waals surface area contributed by atoms with E-state index in [0.29, 0.717) is 6.54 Å². The average Bonchev–Trinajstić information content (AvgIpc) is 2.03. The van der Waals surface area contributed by atoms with Crippen LogP contribution < -0.4 is 10.0 Å². The van der Waals surface area contributed by atoms with E-state index in [0.717, 1.165) is 0 Å². The van der Waals surface area contributed by atoms with Crippen LogP contribution in [0.15, 0.2) is 0 Å². The first-order valence-electron chi connectivity index (χ1n) is 4.07. The monoisotopic (exact) mass is 219 g/mol. The molecule has 0 saturated carbocycles. The number of carbonyl (C=O) groups is 1. The zero-order valence-corrected chi connectivity index (χ0v) is 8.89. The van der Waals surface area contributed by atoms with Crippen LogP contribution in [0.2, 0.25) is 0 Å². The predicted octanol–water partition coefficient (Wildman–Crippen LogP) is -1.05. The van der Waals surface area contributed by atoms with Crippen LogP contribution >= 0.6 is 0 Å². The molecule has 2 N–H and O–H groups in total. The molecule has 0 saturated heterocycles. The fourth-order valence-electron chi connectivity index (χ4n) is 0.777. The van der Waals surface area contributed by atoms with Crippen molar-refractivity contribution in [3.8, 4) is 6.07 Å². The maximum atomic E-state index is 11.1. The molecule has 0 aliphatic carbocycles. The first kappa shape index (κ1) is 12.9. The van der Waals surface area contributed by atoms with Gasteiger partial charge in [0.15, 0.2) is 5.75 Å². The fourth-order valence-corrected chi connectivity index (χ4v) is 1.68. The SMILES string of the molecule is CCNC(=O)C(C)NS(=O)(=O)CC#N. The van der Waals surface area contributed by atoms with Gasteiger partial charge in [-0.1, -0.05) is 0 Å². The third-order valence-corrected chi connectivity index (χ3v) is 2.58. The molecule has 1 amide bonds. The Bertz CT molecular complexity index is 331. The van der Waals surface area contributed by atoms with Gasteiger partial charge in [0.05, 0.1) is 12.1 Å². The van der Waals surface area contributed by atoms with Gasteiger partial charge in [0.2, 0.25) is 15.9 Å². The molecule has 0 spiro atoms. The normalized spacial score (nSPS) is 12.9. The van der Waals surface area contributed by atoms with Gasteiger partial charge in [0, 0.05) is 6.54 Å². The van der Waals surface area contributed by atoms with Gasteiger partial charge in [-0.05, 0) is 13.8 Å². The second-order valence-electron chi connectivity index (χ2n) is 2.65. The first-order valence-corrected chi connectivity index (χ1v) is 5.73. The summed E-state index contributed by atoms with van der Waals surface area (Å²) in [6.45, 7) is 3.58. The molecule has 0 bridgehead atoms. The molecule has 1 atom stereocenters. The number of hydrogen-bond acceptors (Lipinski definition) is 4. The van der Waals surface area contributed by atoms with Crippen molar-refractivity contribution < 1.29 is 13.2 Å². The average molecular weight is 219 g/mol. The summed E-state index contributed by atoms with van der Waals surface area (Å²) in [5.41, 5.74) is 0. The minimum absolute atomic E-state index is 0.408. The van der Waals surface area contributed by atoms with E-state index in [4.69, 9.17) is 5.26 Å². The number of rotatable bonds is 5. The maximum Gasteiger partial charge on any atom is 0.237 e. The summed E-state index contributed by atoms with van der Waals surface area (Å²) >= 11 is 0. The van der Waals surface area contributed by atoms with Crippen LogP contribution in [0.3, 0.4) is 0 Å². The Morgan fingerprint density at radius 3 is 2.57 bits per heavy atom. The van der Waals surface area contributed by atoms with E-state index in [1.54, 1.807) is 6.92 Å². The van der Waals surface area contributed by atoms with Crippen LogP contribution in [0.4, 0.5) is 0 Å². The van der Waals surface area contributed by atoms with E-state index in [-0.39, 0.29) is 0 Å². The summed E-state index contributed by atoms with van der Waals surface area (Å²) in [7, 11) is -3.67. The van der Waals surface area contributed by atoms with Gasteiger partial charge in [-0.3, -0.25) is 4.79 Å². The lowest BCUT2D eigenvalue weighted by Gasteiger charge is -2.11. The zero-order valence-electron chi connectivity index (χ0n) is 8.07. The molecule has 0 aliphatic rings.